The number of nitrogens with zero attached hydrogens (tertiary/aromatic N) is 1. The van der Waals surface area contributed by atoms with Crippen LogP contribution < -0.4 is 0 Å². The molecule has 0 atom stereocenters. The Labute approximate surface area is 98.9 Å². The van der Waals surface area contributed by atoms with Gasteiger partial charge in [-0.15, -0.1) is 0 Å². The van der Waals surface area contributed by atoms with Crippen molar-refractivity contribution in [3.8, 4) is 0 Å². The first-order chi connectivity index (χ1) is 7.47. The van der Waals surface area contributed by atoms with Crippen LogP contribution in [0, 0.1) is 27.7 Å². The van der Waals surface area contributed by atoms with Crippen LogP contribution in [-0.2, 0) is 6.54 Å². The Balaban J connectivity index is 3.03. The molecule has 1 aromatic carbocycles. The molecule has 0 saturated carbocycles. The van der Waals surface area contributed by atoms with E-state index < -0.39 is 0 Å². The molecule has 0 aliphatic carbocycles. The van der Waals surface area contributed by atoms with Gasteiger partial charge >= 0.3 is 0 Å². The second kappa shape index (κ2) is 5.46. The molecular weight excluding hydrogens is 198 g/mol. The number of aryl methyl sites for hydroxylation is 2. The number of hydrogen-bond acceptors (Lipinski definition) is 2. The topological polar surface area (TPSA) is 23.5 Å². The third-order valence-electron chi connectivity index (χ3n) is 3.43. The van der Waals surface area contributed by atoms with E-state index in [0.29, 0.717) is 0 Å². The van der Waals surface area contributed by atoms with Crippen molar-refractivity contribution < 1.29 is 5.11 Å². The third-order valence-corrected chi connectivity index (χ3v) is 3.43. The molecule has 0 aliphatic heterocycles. The number of benzene rings is 1. The van der Waals surface area contributed by atoms with Gasteiger partial charge in [0.2, 0.25) is 0 Å². The highest BCUT2D eigenvalue weighted by Crippen LogP contribution is 2.22. The van der Waals surface area contributed by atoms with Crippen molar-refractivity contribution >= 4 is 0 Å². The maximum Gasteiger partial charge on any atom is 0.0558 e. The monoisotopic (exact) mass is 221 g/mol. The molecule has 1 rings (SSSR count). The molecule has 0 heterocycles. The van der Waals surface area contributed by atoms with Crippen molar-refractivity contribution in [1.82, 2.24) is 4.90 Å². The smallest absolute Gasteiger partial charge is 0.0558 e. The van der Waals surface area contributed by atoms with Gasteiger partial charge in [-0.2, -0.15) is 0 Å². The van der Waals surface area contributed by atoms with Crippen molar-refractivity contribution in [3.63, 3.8) is 0 Å². The average molecular weight is 221 g/mol. The van der Waals surface area contributed by atoms with E-state index in [1.807, 2.05) is 7.05 Å². The van der Waals surface area contributed by atoms with Gasteiger partial charge in [-0.25, -0.2) is 0 Å². The summed E-state index contributed by atoms with van der Waals surface area (Å²) in [5.74, 6) is 0. The molecule has 0 amide bonds. The highest BCUT2D eigenvalue weighted by Gasteiger charge is 2.10. The van der Waals surface area contributed by atoms with Gasteiger partial charge in [0.25, 0.3) is 0 Å². The number of likely N-dealkylation sites (N-methyl/N-ethyl adjacent to an activating group) is 1. The summed E-state index contributed by atoms with van der Waals surface area (Å²) in [6.45, 7) is 10.6. The zero-order valence-electron chi connectivity index (χ0n) is 11.1. The Morgan fingerprint density at radius 1 is 1.06 bits per heavy atom. The quantitative estimate of drug-likeness (QED) is 0.843. The molecule has 1 N–H and O–H groups in total. The standard InChI is InChI=1S/C14H23NO/c1-10-8-11(2)13(4)14(12(10)3)9-15(5)6-7-16/h8,16H,6-7,9H2,1-5H3. The van der Waals surface area contributed by atoms with E-state index in [4.69, 9.17) is 5.11 Å². The molecule has 16 heavy (non-hydrogen) atoms. The van der Waals surface area contributed by atoms with Gasteiger partial charge in [0.1, 0.15) is 0 Å². The molecule has 0 fully saturated rings. The van der Waals surface area contributed by atoms with E-state index in [2.05, 4.69) is 38.7 Å². The van der Waals surface area contributed by atoms with E-state index >= 15 is 0 Å². The van der Waals surface area contributed by atoms with Crippen LogP contribution in [0.3, 0.4) is 0 Å². The second-order valence-corrected chi connectivity index (χ2v) is 4.70. The normalized spacial score (nSPS) is 11.2. The SMILES string of the molecule is Cc1cc(C)c(C)c(CN(C)CCO)c1C. The third kappa shape index (κ3) is 2.83. The summed E-state index contributed by atoms with van der Waals surface area (Å²) in [5.41, 5.74) is 6.89. The van der Waals surface area contributed by atoms with Gasteiger partial charge in [0, 0.05) is 13.1 Å². The summed E-state index contributed by atoms with van der Waals surface area (Å²) in [4.78, 5) is 2.16. The number of aliphatic hydroxyl groups is 1. The highest BCUT2D eigenvalue weighted by atomic mass is 16.3. The zero-order chi connectivity index (χ0) is 12.3. The number of rotatable bonds is 4. The van der Waals surface area contributed by atoms with Gasteiger partial charge in [0.15, 0.2) is 0 Å². The molecule has 0 aromatic heterocycles. The van der Waals surface area contributed by atoms with E-state index in [9.17, 15) is 0 Å². The minimum Gasteiger partial charge on any atom is -0.395 e. The van der Waals surface area contributed by atoms with Crippen LogP contribution in [0.2, 0.25) is 0 Å². The minimum atomic E-state index is 0.222. The van der Waals surface area contributed by atoms with Crippen molar-refractivity contribution in [1.29, 1.82) is 0 Å². The lowest BCUT2D eigenvalue weighted by atomic mass is 9.94. The molecule has 0 spiro atoms. The highest BCUT2D eigenvalue weighted by molar-refractivity contribution is 5.43. The molecule has 2 nitrogen and oxygen atoms in total. The fourth-order valence-electron chi connectivity index (χ4n) is 2.06. The largest absolute Gasteiger partial charge is 0.395 e. The number of aliphatic hydroxyl groups excluding tert-OH is 1. The molecule has 2 heteroatoms. The van der Waals surface area contributed by atoms with Crippen LogP contribution in [0.25, 0.3) is 0 Å². The van der Waals surface area contributed by atoms with Gasteiger partial charge in [-0.3, -0.25) is 4.90 Å². The molecule has 1 aromatic rings. The Bertz CT molecular complexity index is 345. The molecule has 0 aliphatic rings. The lowest BCUT2D eigenvalue weighted by Crippen LogP contribution is -2.22. The molecular formula is C14H23NO. The van der Waals surface area contributed by atoms with Gasteiger partial charge in [-0.1, -0.05) is 6.07 Å². The summed E-state index contributed by atoms with van der Waals surface area (Å²) in [7, 11) is 2.05. The lowest BCUT2D eigenvalue weighted by Gasteiger charge is -2.21. The van der Waals surface area contributed by atoms with Crippen LogP contribution in [0.15, 0.2) is 6.07 Å². The van der Waals surface area contributed by atoms with E-state index in [1.54, 1.807) is 0 Å². The van der Waals surface area contributed by atoms with Crippen molar-refractivity contribution in [3.05, 3.63) is 33.9 Å². The first-order valence-electron chi connectivity index (χ1n) is 5.83. The molecule has 0 saturated heterocycles. The zero-order valence-corrected chi connectivity index (χ0v) is 11.1. The number of hydrogen-bond donors (Lipinski definition) is 1. The summed E-state index contributed by atoms with van der Waals surface area (Å²) >= 11 is 0. The van der Waals surface area contributed by atoms with Crippen LogP contribution in [0.4, 0.5) is 0 Å². The summed E-state index contributed by atoms with van der Waals surface area (Å²) in [6, 6.07) is 2.25. The minimum absolute atomic E-state index is 0.222. The van der Waals surface area contributed by atoms with Crippen LogP contribution in [0.1, 0.15) is 27.8 Å². The predicted octanol–water partition coefficient (Wildman–Crippen LogP) is 2.34. The van der Waals surface area contributed by atoms with Crippen molar-refractivity contribution in [2.75, 3.05) is 20.2 Å². The predicted molar refractivity (Wildman–Crippen MR) is 68.8 cm³/mol. The van der Waals surface area contributed by atoms with Crippen molar-refractivity contribution in [2.45, 2.75) is 34.2 Å². The fourth-order valence-corrected chi connectivity index (χ4v) is 2.06. The summed E-state index contributed by atoms with van der Waals surface area (Å²) < 4.78 is 0. The van der Waals surface area contributed by atoms with E-state index in [0.717, 1.165) is 13.1 Å². The molecule has 0 bridgehead atoms. The Hall–Kier alpha value is -0.860. The Morgan fingerprint density at radius 3 is 2.00 bits per heavy atom. The average Bonchev–Trinajstić information content (AvgIpc) is 2.22. The maximum atomic E-state index is 8.92. The molecule has 90 valence electrons. The first-order valence-corrected chi connectivity index (χ1v) is 5.83. The molecule has 0 unspecified atom stereocenters. The van der Waals surface area contributed by atoms with Gasteiger partial charge in [0.05, 0.1) is 6.61 Å². The lowest BCUT2D eigenvalue weighted by molar-refractivity contribution is 0.217. The van der Waals surface area contributed by atoms with Gasteiger partial charge in [-0.05, 0) is 62.6 Å². The van der Waals surface area contributed by atoms with Gasteiger partial charge < -0.3 is 5.11 Å². The summed E-state index contributed by atoms with van der Waals surface area (Å²) in [6.07, 6.45) is 0. The van der Waals surface area contributed by atoms with Crippen LogP contribution in [0.5, 0.6) is 0 Å². The van der Waals surface area contributed by atoms with Crippen molar-refractivity contribution in [2.24, 2.45) is 0 Å². The maximum absolute atomic E-state index is 8.92. The first kappa shape index (κ1) is 13.2. The fraction of sp³-hybridized carbons (Fsp3) is 0.571. The van der Waals surface area contributed by atoms with Crippen LogP contribution in [-0.4, -0.2) is 30.2 Å². The summed E-state index contributed by atoms with van der Waals surface area (Å²) in [5, 5.41) is 8.92. The van der Waals surface area contributed by atoms with Crippen LogP contribution >= 0.6 is 0 Å². The van der Waals surface area contributed by atoms with E-state index in [-0.39, 0.29) is 6.61 Å². The molecule has 0 radical (unpaired) electrons. The van der Waals surface area contributed by atoms with E-state index in [1.165, 1.54) is 27.8 Å². The Morgan fingerprint density at radius 2 is 1.56 bits per heavy atom. The second-order valence-electron chi connectivity index (χ2n) is 4.70. The Kier molecular flexibility index (Phi) is 4.51.